The Labute approximate surface area is 592 Å². The zero-order valence-corrected chi connectivity index (χ0v) is 56.0. The van der Waals surface area contributed by atoms with Crippen molar-refractivity contribution in [2.75, 3.05) is 46.1 Å². The molecule has 6 heterocycles. The molecule has 0 aliphatic heterocycles. The van der Waals surface area contributed by atoms with Gasteiger partial charge in [-0.15, -0.1) is 61.2 Å². The molecule has 0 saturated heterocycles. The van der Waals surface area contributed by atoms with E-state index in [2.05, 4.69) is 93.1 Å². The fraction of sp³-hybridized carbons (Fsp3) is 0.188. The Morgan fingerprint density at radius 1 is 0.337 bits per heavy atom. The molecule has 0 aliphatic carbocycles. The minimum Gasteiger partial charge on any atom is -0.497 e. The molecule has 0 aliphatic rings. The quantitative estimate of drug-likeness (QED) is 0.0274. The number of allylic oxidation sites excluding steroid dienone is 2. The molecule has 12 aromatic rings. The number of methoxy groups -OCH3 is 2. The van der Waals surface area contributed by atoms with Crippen LogP contribution in [0.1, 0.15) is 80.5 Å². The van der Waals surface area contributed by atoms with Gasteiger partial charge in [0, 0.05) is 46.7 Å². The summed E-state index contributed by atoms with van der Waals surface area (Å²) in [4.78, 5) is 24.3. The number of para-hydroxylation sites is 2. The lowest BCUT2D eigenvalue weighted by Gasteiger charge is -2.03. The highest BCUT2D eigenvalue weighted by Crippen LogP contribution is 2.29. The molecule has 6 aromatic carbocycles. The van der Waals surface area contributed by atoms with Crippen LogP contribution in [0.5, 0.6) is 11.5 Å². The van der Waals surface area contributed by atoms with Crippen molar-refractivity contribution >= 4 is 153 Å². The zero-order valence-electron chi connectivity index (χ0n) is 49.5. The maximum atomic E-state index is 12.7. The van der Waals surface area contributed by atoms with Gasteiger partial charge in [0.05, 0.1) is 14.2 Å². The summed E-state index contributed by atoms with van der Waals surface area (Å²) in [6, 6.07) is 51.5. The molecule has 0 saturated carbocycles. The number of anilines is 10. The third-order valence-electron chi connectivity index (χ3n) is 12.2. The minimum atomic E-state index is -3.50. The van der Waals surface area contributed by atoms with E-state index in [0.29, 0.717) is 74.8 Å². The standard InChI is InChI=1S/C22H18N6O2S2.C20H20N6O4S3.C18H16N6O2S3.4CH4/c29-19(15-9-3-1-4-10-15)23-21-27-25-17(31-21)13-7-8-14-18-26-28-22(32-18)24-20(30)16-11-5-2-6-12-16;1-29-15-7-3-13(4-8-15)21-19-25-23-17(31-19)11-33(27,28)12-18-24-26-20(32-18)22-14-5-9-16(30-2)10-6-14;25-29(26,11-15-21-23-17(27-15)19-13-7-3-1-4-8-13)12-16-22-24-18(28-16)20-14-9-5-2-6-10-14;;;;/h1-12H,13-14H2,(H,23,27,29)(H,24,28,30);3-10H,11-12H2,1-2H3,(H,21,25)(H,22,26);1-10H,11-12H2,(H,19,23)(H,20,24);4*1H4/b8-7-;;;;;;. The second-order valence-electron chi connectivity index (χ2n) is 19.3. The predicted molar refractivity (Wildman–Crippen MR) is 396 cm³/mol. The molecule has 0 bridgehead atoms. The number of ether oxygens (including phenoxy) is 2. The molecule has 98 heavy (non-hydrogen) atoms. The summed E-state index contributed by atoms with van der Waals surface area (Å²) in [6.45, 7) is 0. The van der Waals surface area contributed by atoms with Crippen LogP contribution in [0.2, 0.25) is 0 Å². The SMILES string of the molecule is C.C.C.C.COc1ccc(Nc2nnc(CS(=O)(=O)Cc3nnc(Nc4ccc(OC)cc4)s3)s2)cc1.O=C(Nc1nnc(C/C=C\Cc2nnc(NC(=O)c3ccccc3)s2)s1)c1ccccc1.O=S(=O)(Cc1nnc(Nc2ccccc2)s1)Cc1nnc(Nc2ccccc2)s1. The smallest absolute Gasteiger partial charge is 0.257 e. The molecular weight excluding hydrogens is 1410 g/mol. The van der Waals surface area contributed by atoms with Gasteiger partial charge < -0.3 is 30.7 Å². The highest BCUT2D eigenvalue weighted by molar-refractivity contribution is 7.90. The van der Waals surface area contributed by atoms with Crippen molar-refractivity contribution in [2.24, 2.45) is 0 Å². The summed E-state index contributed by atoms with van der Waals surface area (Å²) in [7, 11) is -3.75. The molecule has 512 valence electrons. The van der Waals surface area contributed by atoms with Crippen molar-refractivity contribution < 1.29 is 35.9 Å². The van der Waals surface area contributed by atoms with Gasteiger partial charge in [-0.05, 0) is 97.1 Å². The van der Waals surface area contributed by atoms with E-state index >= 15 is 0 Å². The third-order valence-corrected chi connectivity index (χ3v) is 20.8. The van der Waals surface area contributed by atoms with Crippen LogP contribution >= 0.6 is 68.0 Å². The van der Waals surface area contributed by atoms with E-state index in [9.17, 15) is 26.4 Å². The molecule has 12 rings (SSSR count). The highest BCUT2D eigenvalue weighted by Gasteiger charge is 2.22. The van der Waals surface area contributed by atoms with E-state index in [1.54, 1.807) is 38.5 Å². The van der Waals surface area contributed by atoms with Crippen LogP contribution in [0.3, 0.4) is 0 Å². The zero-order chi connectivity index (χ0) is 65.5. The molecular formula is C64H70N18O8S8. The van der Waals surface area contributed by atoms with E-state index in [1.165, 1.54) is 68.0 Å². The fourth-order valence-corrected chi connectivity index (χ4v) is 16.5. The number of carbonyl (C=O) groups is 2. The number of carbonyl (C=O) groups excluding carboxylic acids is 2. The molecule has 0 unspecified atom stereocenters. The van der Waals surface area contributed by atoms with E-state index in [0.717, 1.165) is 44.3 Å². The second kappa shape index (κ2) is 38.1. The number of nitrogens with zero attached hydrogens (tertiary/aromatic N) is 12. The van der Waals surface area contributed by atoms with Crippen molar-refractivity contribution in [1.29, 1.82) is 0 Å². The van der Waals surface area contributed by atoms with Crippen LogP contribution in [0, 0.1) is 0 Å². The van der Waals surface area contributed by atoms with Crippen LogP contribution in [-0.2, 0) is 55.5 Å². The summed E-state index contributed by atoms with van der Waals surface area (Å²) in [6.07, 6.45) is 5.12. The number of hydrogen-bond acceptors (Lipinski definition) is 30. The number of aromatic nitrogens is 12. The largest absolute Gasteiger partial charge is 0.497 e. The molecule has 6 aromatic heterocycles. The maximum absolute atomic E-state index is 12.7. The monoisotopic (exact) mass is 1470 g/mol. The number of sulfone groups is 2. The summed E-state index contributed by atoms with van der Waals surface area (Å²) in [5.74, 6) is 0.216. The first kappa shape index (κ1) is 77.1. The first-order valence-electron chi connectivity index (χ1n) is 27.8. The third kappa shape index (κ3) is 24.6. The maximum Gasteiger partial charge on any atom is 0.257 e. The van der Waals surface area contributed by atoms with Gasteiger partial charge in [0.15, 0.2) is 19.7 Å². The van der Waals surface area contributed by atoms with Crippen molar-refractivity contribution in [2.45, 2.75) is 65.6 Å². The molecule has 0 radical (unpaired) electrons. The first-order chi connectivity index (χ1) is 45.6. The highest BCUT2D eigenvalue weighted by atomic mass is 32.2. The van der Waals surface area contributed by atoms with Crippen LogP contribution in [0.15, 0.2) is 182 Å². The van der Waals surface area contributed by atoms with Crippen molar-refractivity contribution in [3.63, 3.8) is 0 Å². The van der Waals surface area contributed by atoms with Crippen LogP contribution in [0.4, 0.5) is 53.5 Å². The Morgan fingerprint density at radius 3 is 0.867 bits per heavy atom. The van der Waals surface area contributed by atoms with E-state index < -0.39 is 19.7 Å². The Balaban J connectivity index is 0.000000228. The van der Waals surface area contributed by atoms with Gasteiger partial charge in [-0.2, -0.15) is 0 Å². The van der Waals surface area contributed by atoms with Gasteiger partial charge >= 0.3 is 0 Å². The van der Waals surface area contributed by atoms with Gasteiger partial charge in [0.2, 0.25) is 30.8 Å². The predicted octanol–water partition coefficient (Wildman–Crippen LogP) is 14.8. The number of nitrogens with one attached hydrogen (secondary N) is 6. The number of rotatable bonds is 26. The lowest BCUT2D eigenvalue weighted by molar-refractivity contribution is 0.101. The van der Waals surface area contributed by atoms with Crippen molar-refractivity contribution in [3.05, 3.63) is 223 Å². The van der Waals surface area contributed by atoms with Crippen molar-refractivity contribution in [3.8, 4) is 11.5 Å². The van der Waals surface area contributed by atoms with E-state index in [1.807, 2.05) is 158 Å². The molecule has 6 N–H and O–H groups in total. The summed E-state index contributed by atoms with van der Waals surface area (Å²) < 4.78 is 60.7. The molecule has 34 heteroatoms. The minimum absolute atomic E-state index is 0. The Kier molecular flexibility index (Phi) is 30.0. The lowest BCUT2D eigenvalue weighted by Crippen LogP contribution is -2.11. The Bertz CT molecular complexity index is 4360. The Morgan fingerprint density at radius 2 is 0.582 bits per heavy atom. The van der Waals surface area contributed by atoms with Gasteiger partial charge in [0.1, 0.15) is 64.6 Å². The summed E-state index contributed by atoms with van der Waals surface area (Å²) >= 11 is 7.47. The van der Waals surface area contributed by atoms with Crippen molar-refractivity contribution in [1.82, 2.24) is 61.2 Å². The molecule has 26 nitrogen and oxygen atoms in total. The van der Waals surface area contributed by atoms with Gasteiger partial charge in [-0.3, -0.25) is 20.2 Å². The number of amides is 2. The van der Waals surface area contributed by atoms with Gasteiger partial charge in [0.25, 0.3) is 11.8 Å². The van der Waals surface area contributed by atoms with Crippen LogP contribution in [-0.4, -0.2) is 104 Å². The second-order valence-corrected chi connectivity index (χ2v) is 29.8. The molecule has 0 fully saturated rings. The number of hydrogen-bond donors (Lipinski definition) is 6. The number of benzene rings is 6. The molecule has 0 atom stereocenters. The molecule has 2 amide bonds. The first-order valence-corrected chi connectivity index (χ1v) is 36.4. The van der Waals surface area contributed by atoms with Gasteiger partial charge in [-0.1, -0.05) is 183 Å². The summed E-state index contributed by atoms with van der Waals surface area (Å²) in [5.41, 5.74) is 4.47. The summed E-state index contributed by atoms with van der Waals surface area (Å²) in [5, 5.41) is 72.5. The fourth-order valence-electron chi connectivity index (χ4n) is 7.85. The molecule has 0 spiro atoms. The van der Waals surface area contributed by atoms with Crippen LogP contribution in [0.25, 0.3) is 0 Å². The van der Waals surface area contributed by atoms with Crippen LogP contribution < -0.4 is 41.4 Å². The van der Waals surface area contributed by atoms with Gasteiger partial charge in [-0.25, -0.2) is 16.8 Å². The lowest BCUT2D eigenvalue weighted by atomic mass is 10.2. The topological polar surface area (TPSA) is 348 Å². The normalized spacial score (nSPS) is 10.7. The van der Waals surface area contributed by atoms with E-state index in [4.69, 9.17) is 9.47 Å². The average Bonchev–Trinajstić information content (AvgIpc) is 1.74. The Hall–Kier alpha value is -9.94. The average molecular weight is 1480 g/mol. The van der Waals surface area contributed by atoms with E-state index in [-0.39, 0.29) is 64.5 Å².